The molecule has 1 aromatic rings. The van der Waals surface area contributed by atoms with Crippen LogP contribution in [0.3, 0.4) is 0 Å². The maximum absolute atomic E-state index is 12.0. The van der Waals surface area contributed by atoms with Gasteiger partial charge in [-0.25, -0.2) is 0 Å². The highest BCUT2D eigenvalue weighted by Crippen LogP contribution is 2.28. The van der Waals surface area contributed by atoms with Crippen LogP contribution in [-0.2, 0) is 0 Å². The predicted molar refractivity (Wildman–Crippen MR) is 69.0 cm³/mol. The van der Waals surface area contributed by atoms with Gasteiger partial charge in [0.05, 0.1) is 6.61 Å². The zero-order chi connectivity index (χ0) is 13.4. The topological polar surface area (TPSA) is 44.5 Å². The maximum atomic E-state index is 12.0. The van der Waals surface area contributed by atoms with Gasteiger partial charge in [0, 0.05) is 0 Å². The van der Waals surface area contributed by atoms with E-state index < -0.39 is 12.8 Å². The largest absolute Gasteiger partial charge is 0.490 e. The lowest BCUT2D eigenvalue weighted by Crippen LogP contribution is -2.19. The first-order valence-electron chi connectivity index (χ1n) is 5.64. The van der Waals surface area contributed by atoms with Crippen molar-refractivity contribution >= 4 is 12.4 Å². The molecule has 0 aliphatic rings. The van der Waals surface area contributed by atoms with Crippen molar-refractivity contribution < 1.29 is 22.6 Å². The van der Waals surface area contributed by atoms with Crippen LogP contribution >= 0.6 is 12.4 Å². The summed E-state index contributed by atoms with van der Waals surface area (Å²) in [6.07, 6.45) is -2.79. The monoisotopic (exact) mass is 299 g/mol. The maximum Gasteiger partial charge on any atom is 0.422 e. The summed E-state index contributed by atoms with van der Waals surface area (Å²) in [5.41, 5.74) is 5.33. The van der Waals surface area contributed by atoms with Crippen LogP contribution in [0.15, 0.2) is 24.3 Å². The molecule has 7 heteroatoms. The number of para-hydroxylation sites is 2. The van der Waals surface area contributed by atoms with Gasteiger partial charge in [-0.15, -0.1) is 12.4 Å². The van der Waals surface area contributed by atoms with Crippen molar-refractivity contribution in [3.05, 3.63) is 24.3 Å². The van der Waals surface area contributed by atoms with Crippen LogP contribution in [0.2, 0.25) is 0 Å². The van der Waals surface area contributed by atoms with Crippen molar-refractivity contribution in [1.29, 1.82) is 0 Å². The minimum absolute atomic E-state index is 0. The summed E-state index contributed by atoms with van der Waals surface area (Å²) in [6, 6.07) is 6.30. The summed E-state index contributed by atoms with van der Waals surface area (Å²) in [5.74, 6) is 0.418. The fourth-order valence-corrected chi connectivity index (χ4v) is 1.28. The first-order chi connectivity index (χ1) is 8.53. The normalized spacial score (nSPS) is 10.7. The van der Waals surface area contributed by atoms with Gasteiger partial charge in [0.15, 0.2) is 18.1 Å². The van der Waals surface area contributed by atoms with Crippen LogP contribution < -0.4 is 15.2 Å². The van der Waals surface area contributed by atoms with Gasteiger partial charge < -0.3 is 15.2 Å². The molecule has 0 amide bonds. The molecular formula is C12H17ClF3NO2. The zero-order valence-electron chi connectivity index (χ0n) is 10.3. The highest BCUT2D eigenvalue weighted by molar-refractivity contribution is 5.85. The third-order valence-corrected chi connectivity index (χ3v) is 2.10. The van der Waals surface area contributed by atoms with Gasteiger partial charge >= 0.3 is 6.18 Å². The van der Waals surface area contributed by atoms with Gasteiger partial charge in [-0.3, -0.25) is 0 Å². The van der Waals surface area contributed by atoms with Gasteiger partial charge in [0.25, 0.3) is 0 Å². The molecule has 1 rings (SSSR count). The first-order valence-corrected chi connectivity index (χ1v) is 5.64. The summed E-state index contributed by atoms with van der Waals surface area (Å²) in [4.78, 5) is 0. The van der Waals surface area contributed by atoms with Crippen molar-refractivity contribution in [2.24, 2.45) is 5.73 Å². The summed E-state index contributed by atoms with van der Waals surface area (Å²) < 4.78 is 46.2. The van der Waals surface area contributed by atoms with Crippen LogP contribution in [-0.4, -0.2) is 25.9 Å². The smallest absolute Gasteiger partial charge is 0.422 e. The second kappa shape index (κ2) is 8.87. The molecule has 0 aliphatic carbocycles. The van der Waals surface area contributed by atoms with E-state index in [9.17, 15) is 13.2 Å². The standard InChI is InChI=1S/C12H16F3NO2.ClH/c13-12(14,15)9-18-11-6-2-1-5-10(11)17-8-4-3-7-16;/h1-2,5-6H,3-4,7-9,16H2;1H. The number of hydrogen-bond acceptors (Lipinski definition) is 3. The molecule has 0 atom stereocenters. The van der Waals surface area contributed by atoms with Crippen LogP contribution in [0.1, 0.15) is 12.8 Å². The van der Waals surface area contributed by atoms with Crippen molar-refractivity contribution in [3.63, 3.8) is 0 Å². The van der Waals surface area contributed by atoms with Crippen LogP contribution in [0, 0.1) is 0 Å². The lowest BCUT2D eigenvalue weighted by atomic mass is 10.3. The number of hydrogen-bond donors (Lipinski definition) is 1. The Labute approximate surface area is 116 Å². The highest BCUT2D eigenvalue weighted by Gasteiger charge is 2.28. The van der Waals surface area contributed by atoms with E-state index in [0.717, 1.165) is 12.8 Å². The van der Waals surface area contributed by atoms with Gasteiger partial charge in [0.2, 0.25) is 0 Å². The molecule has 0 saturated carbocycles. The van der Waals surface area contributed by atoms with E-state index in [1.165, 1.54) is 6.07 Å². The fourth-order valence-electron chi connectivity index (χ4n) is 1.28. The lowest BCUT2D eigenvalue weighted by Gasteiger charge is -2.13. The number of nitrogens with two attached hydrogens (primary N) is 1. The summed E-state index contributed by atoms with van der Waals surface area (Å²) in [6.45, 7) is -0.352. The van der Waals surface area contributed by atoms with Gasteiger partial charge in [0.1, 0.15) is 0 Å². The molecule has 110 valence electrons. The molecular weight excluding hydrogens is 283 g/mol. The average molecular weight is 300 g/mol. The Hall–Kier alpha value is -1.14. The lowest BCUT2D eigenvalue weighted by molar-refractivity contribution is -0.153. The molecule has 3 nitrogen and oxygen atoms in total. The zero-order valence-corrected chi connectivity index (χ0v) is 11.1. The van der Waals surface area contributed by atoms with E-state index in [4.69, 9.17) is 10.5 Å². The Morgan fingerprint density at radius 2 is 1.58 bits per heavy atom. The van der Waals surface area contributed by atoms with Crippen molar-refractivity contribution in [1.82, 2.24) is 0 Å². The molecule has 0 aromatic heterocycles. The van der Waals surface area contributed by atoms with Crippen LogP contribution in [0.5, 0.6) is 11.5 Å². The van der Waals surface area contributed by atoms with E-state index in [1.807, 2.05) is 0 Å². The minimum Gasteiger partial charge on any atom is -0.490 e. The Morgan fingerprint density at radius 1 is 1.00 bits per heavy atom. The predicted octanol–water partition coefficient (Wildman–Crippen LogP) is 3.17. The molecule has 1 aromatic carbocycles. The van der Waals surface area contributed by atoms with Gasteiger partial charge in [-0.05, 0) is 31.5 Å². The molecule has 0 aliphatic heterocycles. The van der Waals surface area contributed by atoms with Crippen LogP contribution in [0.4, 0.5) is 13.2 Å². The number of alkyl halides is 3. The number of unbranched alkanes of at least 4 members (excludes halogenated alkanes) is 1. The van der Waals surface area contributed by atoms with E-state index >= 15 is 0 Å². The molecule has 0 saturated heterocycles. The minimum atomic E-state index is -4.35. The number of benzene rings is 1. The molecule has 0 fully saturated rings. The van der Waals surface area contributed by atoms with E-state index in [-0.39, 0.29) is 18.2 Å². The number of halogens is 4. The van der Waals surface area contributed by atoms with Gasteiger partial charge in [-0.2, -0.15) is 13.2 Å². The van der Waals surface area contributed by atoms with Crippen LogP contribution in [0.25, 0.3) is 0 Å². The van der Waals surface area contributed by atoms with Crippen molar-refractivity contribution in [2.75, 3.05) is 19.8 Å². The second-order valence-electron chi connectivity index (χ2n) is 3.69. The van der Waals surface area contributed by atoms with Crippen molar-refractivity contribution in [3.8, 4) is 11.5 Å². The summed E-state index contributed by atoms with van der Waals surface area (Å²) in [7, 11) is 0. The molecule has 0 spiro atoms. The second-order valence-corrected chi connectivity index (χ2v) is 3.69. The molecule has 0 radical (unpaired) electrons. The van der Waals surface area contributed by atoms with E-state index in [0.29, 0.717) is 18.9 Å². The summed E-state index contributed by atoms with van der Waals surface area (Å²) in [5, 5.41) is 0. The van der Waals surface area contributed by atoms with Gasteiger partial charge in [-0.1, -0.05) is 12.1 Å². The Kier molecular flexibility index (Phi) is 8.34. The van der Waals surface area contributed by atoms with Crippen molar-refractivity contribution in [2.45, 2.75) is 19.0 Å². The Bertz CT molecular complexity index is 361. The number of ether oxygens (including phenoxy) is 2. The molecule has 19 heavy (non-hydrogen) atoms. The molecule has 2 N–H and O–H groups in total. The SMILES string of the molecule is Cl.NCCCCOc1ccccc1OCC(F)(F)F. The average Bonchev–Trinajstić information content (AvgIpc) is 2.32. The molecule has 0 heterocycles. The van der Waals surface area contributed by atoms with E-state index in [2.05, 4.69) is 4.74 Å². The first kappa shape index (κ1) is 17.9. The Balaban J connectivity index is 0.00000324. The third-order valence-electron chi connectivity index (χ3n) is 2.10. The third kappa shape index (κ3) is 7.79. The quantitative estimate of drug-likeness (QED) is 0.787. The van der Waals surface area contributed by atoms with E-state index in [1.54, 1.807) is 18.2 Å². The number of rotatable bonds is 7. The molecule has 0 bridgehead atoms. The summed E-state index contributed by atoms with van der Waals surface area (Å²) >= 11 is 0. The highest BCUT2D eigenvalue weighted by atomic mass is 35.5. The fraction of sp³-hybridized carbons (Fsp3) is 0.500. The molecule has 0 unspecified atom stereocenters. The Morgan fingerprint density at radius 3 is 2.11 bits per heavy atom.